The molecule has 1 aromatic carbocycles. The Morgan fingerprint density at radius 1 is 1.05 bits per heavy atom. The molecule has 0 radical (unpaired) electrons. The van der Waals surface area contributed by atoms with E-state index in [-0.39, 0.29) is 0 Å². The summed E-state index contributed by atoms with van der Waals surface area (Å²) in [6.45, 7) is 8.97. The molecule has 0 aliphatic carbocycles. The van der Waals surface area contributed by atoms with Crippen LogP contribution in [-0.4, -0.2) is 12.8 Å². The predicted molar refractivity (Wildman–Crippen MR) is 94.0 cm³/mol. The molecular formula is C18H31O3P. The predicted octanol–water partition coefficient (Wildman–Crippen LogP) is 6.39. The van der Waals surface area contributed by atoms with Crippen molar-refractivity contribution in [2.45, 2.75) is 65.7 Å². The first kappa shape index (κ1) is 19.3. The van der Waals surface area contributed by atoms with Crippen LogP contribution in [0.25, 0.3) is 0 Å². The van der Waals surface area contributed by atoms with Crippen molar-refractivity contribution in [2.24, 2.45) is 0 Å². The molecule has 0 aliphatic heterocycles. The molecule has 0 amide bonds. The number of benzene rings is 1. The summed E-state index contributed by atoms with van der Waals surface area (Å²) in [5, 5.41) is 0. The Bertz CT molecular complexity index is 471. The molecule has 0 heterocycles. The minimum atomic E-state index is -3.06. The van der Waals surface area contributed by atoms with Crippen LogP contribution < -0.4 is 4.52 Å². The highest BCUT2D eigenvalue weighted by atomic mass is 31.2. The summed E-state index contributed by atoms with van der Waals surface area (Å²) in [7, 11) is -3.06. The molecule has 0 saturated heterocycles. The molecule has 1 rings (SSSR count). The van der Waals surface area contributed by atoms with E-state index in [9.17, 15) is 4.57 Å². The lowest BCUT2D eigenvalue weighted by Gasteiger charge is -2.22. The topological polar surface area (TPSA) is 35.5 Å². The zero-order valence-corrected chi connectivity index (χ0v) is 15.4. The van der Waals surface area contributed by atoms with Gasteiger partial charge in [0.1, 0.15) is 5.75 Å². The average molecular weight is 326 g/mol. The fourth-order valence-electron chi connectivity index (χ4n) is 2.23. The Kier molecular flexibility index (Phi) is 8.82. The van der Waals surface area contributed by atoms with E-state index in [0.717, 1.165) is 37.7 Å². The summed E-state index contributed by atoms with van der Waals surface area (Å²) in [5.41, 5.74) is 1.08. The van der Waals surface area contributed by atoms with Crippen LogP contribution >= 0.6 is 7.60 Å². The van der Waals surface area contributed by atoms with Gasteiger partial charge in [0.05, 0.1) is 12.8 Å². The van der Waals surface area contributed by atoms with Crippen molar-refractivity contribution >= 4 is 7.60 Å². The zero-order chi connectivity index (χ0) is 16.4. The van der Waals surface area contributed by atoms with Gasteiger partial charge in [0.15, 0.2) is 0 Å². The largest absolute Gasteiger partial charge is 0.424 e. The molecule has 0 aromatic heterocycles. The lowest BCUT2D eigenvalue weighted by atomic mass is 10.0. The maximum absolute atomic E-state index is 13.0. The van der Waals surface area contributed by atoms with Gasteiger partial charge in [0.25, 0.3) is 0 Å². The quantitative estimate of drug-likeness (QED) is 0.349. The SMILES string of the molecule is CCCCCOP(=O)(CCCC)Oc1ccccc1C(C)C. The van der Waals surface area contributed by atoms with E-state index in [2.05, 4.69) is 27.7 Å². The first-order valence-electron chi connectivity index (χ1n) is 8.54. The van der Waals surface area contributed by atoms with Crippen molar-refractivity contribution in [1.29, 1.82) is 0 Å². The fraction of sp³-hybridized carbons (Fsp3) is 0.667. The van der Waals surface area contributed by atoms with E-state index in [1.54, 1.807) is 0 Å². The van der Waals surface area contributed by atoms with Gasteiger partial charge >= 0.3 is 7.60 Å². The standard InChI is InChI=1S/C18H31O3P/c1-5-7-11-14-20-22(19,15-8-6-2)21-18-13-10-9-12-17(18)16(3)4/h9-10,12-13,16H,5-8,11,14-15H2,1-4H3. The molecule has 1 aromatic rings. The molecule has 1 atom stereocenters. The average Bonchev–Trinajstić information content (AvgIpc) is 2.50. The Labute approximate surface area is 136 Å². The van der Waals surface area contributed by atoms with Crippen LogP contribution in [0.3, 0.4) is 0 Å². The lowest BCUT2D eigenvalue weighted by Crippen LogP contribution is -2.06. The van der Waals surface area contributed by atoms with Gasteiger partial charge in [0.2, 0.25) is 0 Å². The Hall–Kier alpha value is -0.790. The van der Waals surface area contributed by atoms with Gasteiger partial charge in [-0.15, -0.1) is 0 Å². The molecule has 0 N–H and O–H groups in total. The minimum absolute atomic E-state index is 0.330. The van der Waals surface area contributed by atoms with Crippen LogP contribution in [0.2, 0.25) is 0 Å². The summed E-state index contributed by atoms with van der Waals surface area (Å²) < 4.78 is 24.7. The summed E-state index contributed by atoms with van der Waals surface area (Å²) in [4.78, 5) is 0. The molecule has 4 heteroatoms. The monoisotopic (exact) mass is 326 g/mol. The summed E-state index contributed by atoms with van der Waals surface area (Å²) in [6, 6.07) is 7.83. The molecule has 0 bridgehead atoms. The molecule has 0 saturated carbocycles. The van der Waals surface area contributed by atoms with Gasteiger partial charge in [-0.25, -0.2) is 4.57 Å². The van der Waals surface area contributed by atoms with E-state index in [1.807, 2.05) is 24.3 Å². The number of rotatable bonds is 11. The van der Waals surface area contributed by atoms with E-state index in [1.165, 1.54) is 0 Å². The third-order valence-electron chi connectivity index (χ3n) is 3.60. The zero-order valence-electron chi connectivity index (χ0n) is 14.5. The highest BCUT2D eigenvalue weighted by molar-refractivity contribution is 7.54. The molecular weight excluding hydrogens is 295 g/mol. The van der Waals surface area contributed by atoms with Crippen LogP contribution in [-0.2, 0) is 9.09 Å². The van der Waals surface area contributed by atoms with E-state index < -0.39 is 7.60 Å². The second-order valence-corrected chi connectivity index (χ2v) is 8.12. The number of para-hydroxylation sites is 1. The summed E-state index contributed by atoms with van der Waals surface area (Å²) >= 11 is 0. The normalized spacial score (nSPS) is 14.0. The molecule has 0 spiro atoms. The first-order chi connectivity index (χ1) is 10.5. The second kappa shape index (κ2) is 10.1. The van der Waals surface area contributed by atoms with Gasteiger partial charge in [-0.3, -0.25) is 4.52 Å². The highest BCUT2D eigenvalue weighted by Gasteiger charge is 2.26. The summed E-state index contributed by atoms with van der Waals surface area (Å²) in [6.07, 6.45) is 5.48. The first-order valence-corrected chi connectivity index (χ1v) is 10.3. The van der Waals surface area contributed by atoms with E-state index >= 15 is 0 Å². The van der Waals surface area contributed by atoms with Gasteiger partial charge in [-0.05, 0) is 30.4 Å². The Balaban J connectivity index is 2.81. The maximum Gasteiger partial charge on any atom is 0.379 e. The number of hydrogen-bond acceptors (Lipinski definition) is 3. The molecule has 126 valence electrons. The van der Waals surface area contributed by atoms with E-state index in [4.69, 9.17) is 9.05 Å². The van der Waals surface area contributed by atoms with Crippen LogP contribution in [0.5, 0.6) is 5.75 Å². The number of unbranched alkanes of at least 4 members (excludes halogenated alkanes) is 3. The van der Waals surface area contributed by atoms with Gasteiger partial charge in [-0.2, -0.15) is 0 Å². The van der Waals surface area contributed by atoms with Crippen molar-refractivity contribution in [3.63, 3.8) is 0 Å². The van der Waals surface area contributed by atoms with Crippen LogP contribution in [0.15, 0.2) is 24.3 Å². The molecule has 1 unspecified atom stereocenters. The van der Waals surface area contributed by atoms with Crippen LogP contribution in [0, 0.1) is 0 Å². The lowest BCUT2D eigenvalue weighted by molar-refractivity contribution is 0.257. The maximum atomic E-state index is 13.0. The third kappa shape index (κ3) is 6.54. The Morgan fingerprint density at radius 2 is 1.73 bits per heavy atom. The van der Waals surface area contributed by atoms with E-state index in [0.29, 0.717) is 24.4 Å². The van der Waals surface area contributed by atoms with Gasteiger partial charge in [0, 0.05) is 0 Å². The van der Waals surface area contributed by atoms with Crippen molar-refractivity contribution in [3.05, 3.63) is 29.8 Å². The number of hydrogen-bond donors (Lipinski definition) is 0. The fourth-order valence-corrected chi connectivity index (χ4v) is 4.08. The third-order valence-corrected chi connectivity index (χ3v) is 5.51. The molecule has 22 heavy (non-hydrogen) atoms. The van der Waals surface area contributed by atoms with Crippen molar-refractivity contribution in [3.8, 4) is 5.75 Å². The van der Waals surface area contributed by atoms with Gasteiger partial charge < -0.3 is 4.52 Å². The van der Waals surface area contributed by atoms with Crippen LogP contribution in [0.4, 0.5) is 0 Å². The molecule has 3 nitrogen and oxygen atoms in total. The molecule has 0 aliphatic rings. The van der Waals surface area contributed by atoms with Crippen LogP contribution in [0.1, 0.15) is 71.3 Å². The summed E-state index contributed by atoms with van der Waals surface area (Å²) in [5.74, 6) is 1.03. The second-order valence-electron chi connectivity index (χ2n) is 6.01. The van der Waals surface area contributed by atoms with Crippen molar-refractivity contribution in [2.75, 3.05) is 12.8 Å². The van der Waals surface area contributed by atoms with Gasteiger partial charge in [-0.1, -0.05) is 65.2 Å². The van der Waals surface area contributed by atoms with Crippen molar-refractivity contribution < 1.29 is 13.6 Å². The molecule has 0 fully saturated rings. The smallest absolute Gasteiger partial charge is 0.379 e. The minimum Gasteiger partial charge on any atom is -0.424 e. The Morgan fingerprint density at radius 3 is 2.36 bits per heavy atom. The highest BCUT2D eigenvalue weighted by Crippen LogP contribution is 2.50. The van der Waals surface area contributed by atoms with Crippen molar-refractivity contribution in [1.82, 2.24) is 0 Å².